The summed E-state index contributed by atoms with van der Waals surface area (Å²) >= 11 is 4.29. The van der Waals surface area contributed by atoms with E-state index in [1.165, 1.54) is 7.11 Å². The average molecular weight is 408 g/mol. The van der Waals surface area contributed by atoms with Crippen molar-refractivity contribution in [3.63, 3.8) is 0 Å². The molecule has 1 saturated heterocycles. The zero-order valence-corrected chi connectivity index (χ0v) is 15.3. The summed E-state index contributed by atoms with van der Waals surface area (Å²) in [4.78, 5) is 25.4. The first-order chi connectivity index (χ1) is 11.5. The lowest BCUT2D eigenvalue weighted by atomic mass is 10.2. The number of carbonyl (C=O) groups excluding carboxylic acids is 2. The Morgan fingerprint density at radius 1 is 1.42 bits per heavy atom. The van der Waals surface area contributed by atoms with Crippen LogP contribution in [0.4, 0.5) is 4.79 Å². The number of rotatable bonds is 6. The van der Waals surface area contributed by atoms with Gasteiger partial charge in [0.15, 0.2) is 11.5 Å². The highest BCUT2D eigenvalue weighted by molar-refractivity contribution is 9.10. The Balaban J connectivity index is 2.36. The standard InChI is InChI=1S/C17H14BrNO4S/c1-4-6-19-16(20)15(24-17(19)21)9-11-8-13(22-3)14(10-12(11)18)23-7-5-2/h1,5,8-10H,2,6-7H2,3H3/b15-9-. The summed E-state index contributed by atoms with van der Waals surface area (Å²) in [7, 11) is 1.52. The molecule has 24 heavy (non-hydrogen) atoms. The van der Waals surface area contributed by atoms with Crippen molar-refractivity contribution in [1.29, 1.82) is 0 Å². The third-order valence-corrected chi connectivity index (χ3v) is 4.64. The molecule has 0 saturated carbocycles. The Morgan fingerprint density at radius 2 is 2.17 bits per heavy atom. The Labute approximate surface area is 152 Å². The molecule has 0 unspecified atom stereocenters. The minimum atomic E-state index is -0.402. The number of thioether (sulfide) groups is 1. The normalized spacial score (nSPS) is 15.5. The van der Waals surface area contributed by atoms with Crippen LogP contribution in [0.3, 0.4) is 0 Å². The highest BCUT2D eigenvalue weighted by Crippen LogP contribution is 2.37. The maximum atomic E-state index is 12.2. The van der Waals surface area contributed by atoms with Gasteiger partial charge in [-0.25, -0.2) is 0 Å². The molecule has 2 amide bonds. The monoisotopic (exact) mass is 407 g/mol. The molecule has 0 radical (unpaired) electrons. The molecule has 1 aliphatic rings. The van der Waals surface area contributed by atoms with Gasteiger partial charge in [-0.3, -0.25) is 14.5 Å². The molecule has 0 atom stereocenters. The highest BCUT2D eigenvalue weighted by atomic mass is 79.9. The maximum Gasteiger partial charge on any atom is 0.294 e. The van der Waals surface area contributed by atoms with Crippen LogP contribution in [0.1, 0.15) is 5.56 Å². The molecule has 0 N–H and O–H groups in total. The fourth-order valence-electron chi connectivity index (χ4n) is 1.95. The van der Waals surface area contributed by atoms with Crippen molar-refractivity contribution in [2.45, 2.75) is 0 Å². The van der Waals surface area contributed by atoms with Crippen LogP contribution in [0.25, 0.3) is 6.08 Å². The van der Waals surface area contributed by atoms with E-state index in [9.17, 15) is 9.59 Å². The van der Waals surface area contributed by atoms with Crippen LogP contribution in [0, 0.1) is 12.3 Å². The first-order valence-electron chi connectivity index (χ1n) is 6.81. The quantitative estimate of drug-likeness (QED) is 0.408. The van der Waals surface area contributed by atoms with Crippen LogP contribution in [-0.2, 0) is 4.79 Å². The summed E-state index contributed by atoms with van der Waals surface area (Å²) in [5, 5.41) is -0.377. The van der Waals surface area contributed by atoms with Crippen LogP contribution < -0.4 is 9.47 Å². The molecule has 1 aromatic rings. The maximum absolute atomic E-state index is 12.2. The van der Waals surface area contributed by atoms with Crippen molar-refractivity contribution in [3.8, 4) is 23.8 Å². The largest absolute Gasteiger partial charge is 0.493 e. The molecule has 5 nitrogen and oxygen atoms in total. The summed E-state index contributed by atoms with van der Waals surface area (Å²) in [5.41, 5.74) is 0.684. The van der Waals surface area contributed by atoms with Gasteiger partial charge in [0.1, 0.15) is 6.61 Å². The topological polar surface area (TPSA) is 55.8 Å². The van der Waals surface area contributed by atoms with E-state index in [0.717, 1.165) is 16.7 Å². The molecular weight excluding hydrogens is 394 g/mol. The van der Waals surface area contributed by atoms with Gasteiger partial charge in [-0.1, -0.05) is 34.5 Å². The van der Waals surface area contributed by atoms with Crippen molar-refractivity contribution in [2.24, 2.45) is 0 Å². The molecule has 1 fully saturated rings. The van der Waals surface area contributed by atoms with Crippen molar-refractivity contribution >= 4 is 44.9 Å². The van der Waals surface area contributed by atoms with E-state index in [-0.39, 0.29) is 11.8 Å². The second-order valence-electron chi connectivity index (χ2n) is 4.60. The minimum absolute atomic E-state index is 0.0408. The first-order valence-corrected chi connectivity index (χ1v) is 8.42. The van der Waals surface area contributed by atoms with E-state index >= 15 is 0 Å². The Morgan fingerprint density at radius 3 is 2.79 bits per heavy atom. The molecule has 1 aliphatic heterocycles. The molecule has 1 heterocycles. The van der Waals surface area contributed by atoms with Gasteiger partial charge in [0.25, 0.3) is 11.1 Å². The number of benzene rings is 1. The number of hydrogen-bond acceptors (Lipinski definition) is 5. The summed E-state index contributed by atoms with van der Waals surface area (Å²) < 4.78 is 11.5. The van der Waals surface area contributed by atoms with Gasteiger partial charge in [-0.2, -0.15) is 0 Å². The van der Waals surface area contributed by atoms with E-state index in [1.54, 1.807) is 24.3 Å². The fourth-order valence-corrected chi connectivity index (χ4v) is 3.22. The van der Waals surface area contributed by atoms with Crippen LogP contribution in [0.2, 0.25) is 0 Å². The molecule has 0 aliphatic carbocycles. The van der Waals surface area contributed by atoms with E-state index in [2.05, 4.69) is 28.4 Å². The molecule has 0 spiro atoms. The molecule has 7 heteroatoms. The highest BCUT2D eigenvalue weighted by Gasteiger charge is 2.34. The third-order valence-electron chi connectivity index (χ3n) is 3.05. The molecule has 0 aromatic heterocycles. The molecule has 2 rings (SSSR count). The number of halogens is 1. The van der Waals surface area contributed by atoms with E-state index in [0.29, 0.717) is 33.0 Å². The van der Waals surface area contributed by atoms with Gasteiger partial charge >= 0.3 is 0 Å². The van der Waals surface area contributed by atoms with Gasteiger partial charge in [0.05, 0.1) is 18.6 Å². The van der Waals surface area contributed by atoms with Crippen LogP contribution in [-0.4, -0.2) is 36.3 Å². The molecule has 1 aromatic carbocycles. The van der Waals surface area contributed by atoms with Crippen LogP contribution in [0.15, 0.2) is 34.2 Å². The van der Waals surface area contributed by atoms with E-state index in [1.807, 2.05) is 0 Å². The predicted molar refractivity (Wildman–Crippen MR) is 97.9 cm³/mol. The number of hydrogen-bond donors (Lipinski definition) is 0. The van der Waals surface area contributed by atoms with Crippen LogP contribution >= 0.6 is 27.7 Å². The molecule has 124 valence electrons. The zero-order chi connectivity index (χ0) is 17.7. The van der Waals surface area contributed by atoms with Crippen molar-refractivity contribution < 1.29 is 19.1 Å². The number of nitrogens with zero attached hydrogens (tertiary/aromatic N) is 1. The predicted octanol–water partition coefficient (Wildman–Crippen LogP) is 3.69. The smallest absolute Gasteiger partial charge is 0.294 e. The van der Waals surface area contributed by atoms with Gasteiger partial charge in [0, 0.05) is 4.47 Å². The minimum Gasteiger partial charge on any atom is -0.493 e. The number of methoxy groups -OCH3 is 1. The second-order valence-corrected chi connectivity index (χ2v) is 6.44. The van der Waals surface area contributed by atoms with Gasteiger partial charge < -0.3 is 9.47 Å². The van der Waals surface area contributed by atoms with Crippen LogP contribution in [0.5, 0.6) is 11.5 Å². The van der Waals surface area contributed by atoms with Gasteiger partial charge in [0.2, 0.25) is 0 Å². The van der Waals surface area contributed by atoms with Gasteiger partial charge in [-0.15, -0.1) is 6.42 Å². The third kappa shape index (κ3) is 3.83. The number of ether oxygens (including phenoxy) is 2. The van der Waals surface area contributed by atoms with Crippen molar-refractivity contribution in [2.75, 3.05) is 20.3 Å². The number of carbonyl (C=O) groups is 2. The van der Waals surface area contributed by atoms with E-state index < -0.39 is 5.91 Å². The zero-order valence-electron chi connectivity index (χ0n) is 12.9. The van der Waals surface area contributed by atoms with E-state index in [4.69, 9.17) is 15.9 Å². The number of terminal acetylenes is 1. The summed E-state index contributed by atoms with van der Waals surface area (Å²) in [6.45, 7) is 3.90. The second kappa shape index (κ2) is 8.08. The summed E-state index contributed by atoms with van der Waals surface area (Å²) in [6.07, 6.45) is 8.42. The number of amides is 2. The molecule has 0 bridgehead atoms. The Kier molecular flexibility index (Phi) is 6.12. The fraction of sp³-hybridized carbons (Fsp3) is 0.176. The first kappa shape index (κ1) is 18.2. The Hall–Kier alpha value is -2.17. The summed E-state index contributed by atoms with van der Waals surface area (Å²) in [5.74, 6) is 2.95. The van der Waals surface area contributed by atoms with Gasteiger partial charge in [-0.05, 0) is 35.5 Å². The lowest BCUT2D eigenvalue weighted by Crippen LogP contribution is -2.28. The molecular formula is C17H14BrNO4S. The van der Waals surface area contributed by atoms with Crippen molar-refractivity contribution in [1.82, 2.24) is 4.90 Å². The number of imide groups is 1. The Bertz CT molecular complexity index is 767. The van der Waals surface area contributed by atoms with Crippen molar-refractivity contribution in [3.05, 3.63) is 39.7 Å². The SMILES string of the molecule is C#CCN1C(=O)S/C(=C\c2cc(OC)c(OCC=C)cc2Br)C1=O. The summed E-state index contributed by atoms with van der Waals surface area (Å²) in [6, 6.07) is 3.46. The lowest BCUT2D eigenvalue weighted by Gasteiger charge is -2.12. The lowest BCUT2D eigenvalue weighted by molar-refractivity contribution is -0.122. The average Bonchev–Trinajstić information content (AvgIpc) is 2.82.